The van der Waals surface area contributed by atoms with Crippen LogP contribution >= 0.6 is 11.6 Å². The number of hydrogen-bond donors (Lipinski definition) is 2. The van der Waals surface area contributed by atoms with Crippen molar-refractivity contribution < 1.29 is 4.52 Å². The molecule has 7 heteroatoms. The van der Waals surface area contributed by atoms with Gasteiger partial charge in [0.15, 0.2) is 5.96 Å². The Morgan fingerprint density at radius 3 is 2.82 bits per heavy atom. The zero-order valence-corrected chi connectivity index (χ0v) is 13.1. The van der Waals surface area contributed by atoms with Gasteiger partial charge in [0.2, 0.25) is 11.7 Å². The van der Waals surface area contributed by atoms with E-state index in [0.717, 1.165) is 5.56 Å². The molecule has 0 saturated heterocycles. The number of rotatable bonds is 6. The first-order valence-electron chi connectivity index (χ1n) is 6.87. The molecule has 0 atom stereocenters. The lowest BCUT2D eigenvalue weighted by molar-refractivity contribution is 0.378. The van der Waals surface area contributed by atoms with Crippen LogP contribution in [0.15, 0.2) is 46.4 Å². The number of halogens is 1. The van der Waals surface area contributed by atoms with Crippen LogP contribution in [0.5, 0.6) is 0 Å². The van der Waals surface area contributed by atoms with Crippen LogP contribution < -0.4 is 10.6 Å². The molecule has 1 aromatic carbocycles. The van der Waals surface area contributed by atoms with Gasteiger partial charge in [-0.15, -0.1) is 6.58 Å². The van der Waals surface area contributed by atoms with Gasteiger partial charge < -0.3 is 15.2 Å². The first-order valence-corrected chi connectivity index (χ1v) is 7.24. The second kappa shape index (κ2) is 8.19. The van der Waals surface area contributed by atoms with Crippen molar-refractivity contribution in [3.63, 3.8) is 0 Å². The lowest BCUT2D eigenvalue weighted by Crippen LogP contribution is -2.38. The van der Waals surface area contributed by atoms with Gasteiger partial charge in [-0.3, -0.25) is 4.99 Å². The highest BCUT2D eigenvalue weighted by Crippen LogP contribution is 2.18. The summed E-state index contributed by atoms with van der Waals surface area (Å²) in [5.74, 6) is 1.83. The molecule has 6 nitrogen and oxygen atoms in total. The van der Waals surface area contributed by atoms with Crippen LogP contribution in [0, 0.1) is 0 Å². The summed E-state index contributed by atoms with van der Waals surface area (Å²) in [6.45, 7) is 4.94. The van der Waals surface area contributed by atoms with Crippen molar-refractivity contribution in [2.75, 3.05) is 20.1 Å². The van der Waals surface area contributed by atoms with E-state index in [-0.39, 0.29) is 0 Å². The Bertz CT molecular complexity index is 636. The smallest absolute Gasteiger partial charge is 0.228 e. The van der Waals surface area contributed by atoms with E-state index < -0.39 is 0 Å². The molecule has 0 aliphatic carbocycles. The molecule has 1 aromatic heterocycles. The molecule has 1 heterocycles. The molecule has 0 aliphatic heterocycles. The van der Waals surface area contributed by atoms with Gasteiger partial charge in [0, 0.05) is 37.1 Å². The molecule has 22 heavy (non-hydrogen) atoms. The Labute approximate surface area is 134 Å². The number of benzene rings is 1. The van der Waals surface area contributed by atoms with E-state index in [1.54, 1.807) is 25.3 Å². The standard InChI is InChI=1S/C15H18ClN5O/c1-3-9-18-15(17-2)19-10-8-13-20-14(21-22-13)11-4-6-12(16)7-5-11/h3-7H,1,8-10H2,2H3,(H2,17,18,19). The maximum absolute atomic E-state index is 5.86. The zero-order valence-electron chi connectivity index (χ0n) is 12.3. The molecule has 0 unspecified atom stereocenters. The average molecular weight is 320 g/mol. The normalized spacial score (nSPS) is 11.3. The summed E-state index contributed by atoms with van der Waals surface area (Å²) in [4.78, 5) is 8.44. The van der Waals surface area contributed by atoms with E-state index >= 15 is 0 Å². The lowest BCUT2D eigenvalue weighted by atomic mass is 10.2. The summed E-state index contributed by atoms with van der Waals surface area (Å²) in [5, 5.41) is 10.9. The Morgan fingerprint density at radius 1 is 1.36 bits per heavy atom. The summed E-state index contributed by atoms with van der Waals surface area (Å²) >= 11 is 5.86. The summed E-state index contributed by atoms with van der Waals surface area (Å²) in [6.07, 6.45) is 2.37. The monoisotopic (exact) mass is 319 g/mol. The Balaban J connectivity index is 1.87. The van der Waals surface area contributed by atoms with Crippen LogP contribution in [-0.2, 0) is 6.42 Å². The lowest BCUT2D eigenvalue weighted by Gasteiger charge is -2.08. The molecule has 0 aliphatic rings. The number of hydrogen-bond acceptors (Lipinski definition) is 4. The maximum atomic E-state index is 5.86. The zero-order chi connectivity index (χ0) is 15.8. The number of aromatic nitrogens is 2. The highest BCUT2D eigenvalue weighted by atomic mass is 35.5. The molecule has 0 amide bonds. The minimum atomic E-state index is 0.556. The van der Waals surface area contributed by atoms with Crippen molar-refractivity contribution in [3.8, 4) is 11.4 Å². The minimum absolute atomic E-state index is 0.556. The van der Waals surface area contributed by atoms with Crippen LogP contribution in [0.1, 0.15) is 5.89 Å². The van der Waals surface area contributed by atoms with E-state index in [2.05, 4.69) is 32.3 Å². The molecule has 2 N–H and O–H groups in total. The van der Waals surface area contributed by atoms with Crippen LogP contribution in [0.3, 0.4) is 0 Å². The molecule has 0 saturated carbocycles. The molecule has 2 aromatic rings. The molecule has 0 fully saturated rings. The third-order valence-corrected chi connectivity index (χ3v) is 3.09. The summed E-state index contributed by atoms with van der Waals surface area (Å²) in [7, 11) is 1.71. The average Bonchev–Trinajstić information content (AvgIpc) is 3.00. The number of nitrogens with one attached hydrogen (secondary N) is 2. The topological polar surface area (TPSA) is 75.3 Å². The third-order valence-electron chi connectivity index (χ3n) is 2.84. The highest BCUT2D eigenvalue weighted by molar-refractivity contribution is 6.30. The second-order valence-corrected chi connectivity index (χ2v) is 4.87. The van der Waals surface area contributed by atoms with Crippen molar-refractivity contribution >= 4 is 17.6 Å². The Hall–Kier alpha value is -2.34. The summed E-state index contributed by atoms with van der Waals surface area (Å²) < 4.78 is 5.24. The first-order chi connectivity index (χ1) is 10.7. The molecule has 0 spiro atoms. The van der Waals surface area contributed by atoms with E-state index in [1.165, 1.54) is 0 Å². The van der Waals surface area contributed by atoms with Crippen LogP contribution in [0.25, 0.3) is 11.4 Å². The van der Waals surface area contributed by atoms with Gasteiger partial charge in [0.05, 0.1) is 0 Å². The van der Waals surface area contributed by atoms with Crippen molar-refractivity contribution in [1.29, 1.82) is 0 Å². The van der Waals surface area contributed by atoms with Crippen molar-refractivity contribution in [2.24, 2.45) is 4.99 Å². The van der Waals surface area contributed by atoms with E-state index in [1.807, 2.05) is 12.1 Å². The number of aliphatic imine (C=N–C) groups is 1. The predicted octanol–water partition coefficient (Wildman–Crippen LogP) is 2.28. The third kappa shape index (κ3) is 4.60. The fourth-order valence-corrected chi connectivity index (χ4v) is 1.88. The quantitative estimate of drug-likeness (QED) is 0.485. The molecule has 0 bridgehead atoms. The second-order valence-electron chi connectivity index (χ2n) is 4.44. The fourth-order valence-electron chi connectivity index (χ4n) is 1.75. The highest BCUT2D eigenvalue weighted by Gasteiger charge is 2.08. The molecule has 0 radical (unpaired) electrons. The fraction of sp³-hybridized carbons (Fsp3) is 0.267. The largest absolute Gasteiger partial charge is 0.356 e. The van der Waals surface area contributed by atoms with Crippen LogP contribution in [0.2, 0.25) is 5.02 Å². The van der Waals surface area contributed by atoms with E-state index in [0.29, 0.717) is 42.2 Å². The molecular weight excluding hydrogens is 302 g/mol. The van der Waals surface area contributed by atoms with E-state index in [9.17, 15) is 0 Å². The van der Waals surface area contributed by atoms with E-state index in [4.69, 9.17) is 16.1 Å². The molecular formula is C15H18ClN5O. The maximum Gasteiger partial charge on any atom is 0.228 e. The molecule has 116 valence electrons. The van der Waals surface area contributed by atoms with Crippen LogP contribution in [-0.4, -0.2) is 36.2 Å². The minimum Gasteiger partial charge on any atom is -0.356 e. The number of nitrogens with zero attached hydrogens (tertiary/aromatic N) is 3. The van der Waals surface area contributed by atoms with Gasteiger partial charge in [-0.2, -0.15) is 4.98 Å². The predicted molar refractivity (Wildman–Crippen MR) is 88.0 cm³/mol. The number of guanidine groups is 1. The Kier molecular flexibility index (Phi) is 5.97. The van der Waals surface area contributed by atoms with Gasteiger partial charge in [0.25, 0.3) is 0 Å². The van der Waals surface area contributed by atoms with Crippen molar-refractivity contribution in [3.05, 3.63) is 47.8 Å². The van der Waals surface area contributed by atoms with Gasteiger partial charge >= 0.3 is 0 Å². The van der Waals surface area contributed by atoms with Gasteiger partial charge in [0.1, 0.15) is 0 Å². The first kappa shape index (κ1) is 16.0. The van der Waals surface area contributed by atoms with Crippen LogP contribution in [0.4, 0.5) is 0 Å². The summed E-state index contributed by atoms with van der Waals surface area (Å²) in [5.41, 5.74) is 0.871. The Morgan fingerprint density at radius 2 is 2.14 bits per heavy atom. The van der Waals surface area contributed by atoms with Crippen molar-refractivity contribution in [2.45, 2.75) is 6.42 Å². The summed E-state index contributed by atoms with van der Waals surface area (Å²) in [6, 6.07) is 7.31. The van der Waals surface area contributed by atoms with Gasteiger partial charge in [-0.1, -0.05) is 22.8 Å². The van der Waals surface area contributed by atoms with Gasteiger partial charge in [-0.05, 0) is 24.3 Å². The van der Waals surface area contributed by atoms with Crippen molar-refractivity contribution in [1.82, 2.24) is 20.8 Å². The van der Waals surface area contributed by atoms with Gasteiger partial charge in [-0.25, -0.2) is 0 Å². The SMILES string of the molecule is C=CCNC(=NC)NCCc1nc(-c2ccc(Cl)cc2)no1. The molecule has 2 rings (SSSR count).